The third kappa shape index (κ3) is 4.44. The molecule has 3 rings (SSSR count). The van der Waals surface area contributed by atoms with Crippen LogP contribution >= 0.6 is 12.2 Å². The number of carbonyl (C=O) groups is 1. The summed E-state index contributed by atoms with van der Waals surface area (Å²) in [7, 11) is 4.21. The molecule has 0 bridgehead atoms. The van der Waals surface area contributed by atoms with Gasteiger partial charge in [-0.2, -0.15) is 0 Å². The second-order valence-corrected chi connectivity index (χ2v) is 7.20. The summed E-state index contributed by atoms with van der Waals surface area (Å²) in [5, 5.41) is 3.93. The maximum atomic E-state index is 12.9. The second-order valence-electron chi connectivity index (χ2n) is 6.81. The van der Waals surface area contributed by atoms with Crippen molar-refractivity contribution in [3.05, 3.63) is 24.3 Å². The molecule has 26 heavy (non-hydrogen) atoms. The summed E-state index contributed by atoms with van der Waals surface area (Å²) in [5.74, 6) is 0.682. The van der Waals surface area contributed by atoms with Gasteiger partial charge in [-0.15, -0.1) is 0 Å². The molecule has 1 aromatic carbocycles. The summed E-state index contributed by atoms with van der Waals surface area (Å²) in [6.07, 6.45) is -0.567. The zero-order chi connectivity index (χ0) is 18.5. The molecule has 1 amide bonds. The number of fused-ring (bicyclic) bond motifs is 1. The maximum absolute atomic E-state index is 12.9. The molecular formula is C18H27N4O3S+. The molecule has 0 radical (unpaired) electrons. The smallest absolute Gasteiger partial charge is 0.265 e. The Morgan fingerprint density at radius 2 is 2.04 bits per heavy atom. The molecule has 2 N–H and O–H groups in total. The number of benzene rings is 1. The van der Waals surface area contributed by atoms with Crippen molar-refractivity contribution in [1.82, 2.24) is 10.2 Å². The van der Waals surface area contributed by atoms with Crippen molar-refractivity contribution in [2.45, 2.75) is 6.10 Å². The average Bonchev–Trinajstić information content (AvgIpc) is 2.66. The Balaban J connectivity index is 1.73. The fraction of sp³-hybridized carbons (Fsp3) is 0.556. The van der Waals surface area contributed by atoms with Crippen molar-refractivity contribution in [1.29, 1.82) is 0 Å². The highest BCUT2D eigenvalue weighted by atomic mass is 32.1. The number of hydrogen-bond acceptors (Lipinski definition) is 4. The maximum Gasteiger partial charge on any atom is 0.265 e. The van der Waals surface area contributed by atoms with Gasteiger partial charge < -0.3 is 29.5 Å². The van der Waals surface area contributed by atoms with E-state index < -0.39 is 6.10 Å². The molecule has 2 aliphatic heterocycles. The Morgan fingerprint density at radius 1 is 1.31 bits per heavy atom. The fourth-order valence-corrected chi connectivity index (χ4v) is 3.33. The standard InChI is InChI=1S/C18H26N4O3S/c1-20(2)8-7-19-18(26)22-13-16(17(23)21-9-11-24-12-10-21)25-15-6-4-3-5-14(15)22/h3-6,16H,7-13H2,1-2H3,(H,19,26)/p+1/t16-/m0/s1. The molecule has 1 atom stereocenters. The minimum absolute atomic E-state index is 0.00617. The fourth-order valence-electron chi connectivity index (χ4n) is 3.06. The molecule has 7 nitrogen and oxygen atoms in total. The molecule has 0 aromatic heterocycles. The van der Waals surface area contributed by atoms with E-state index in [9.17, 15) is 4.79 Å². The highest BCUT2D eigenvalue weighted by molar-refractivity contribution is 7.80. The van der Waals surface area contributed by atoms with E-state index in [4.69, 9.17) is 21.7 Å². The van der Waals surface area contributed by atoms with E-state index in [0.29, 0.717) is 43.7 Å². The van der Waals surface area contributed by atoms with Crippen LogP contribution in [0.1, 0.15) is 0 Å². The normalized spacial score (nSPS) is 19.7. The van der Waals surface area contributed by atoms with E-state index in [1.165, 1.54) is 4.90 Å². The first kappa shape index (κ1) is 18.9. The highest BCUT2D eigenvalue weighted by Crippen LogP contribution is 2.33. The van der Waals surface area contributed by atoms with Gasteiger partial charge in [-0.1, -0.05) is 12.1 Å². The number of amides is 1. The van der Waals surface area contributed by atoms with Crippen molar-refractivity contribution in [3.8, 4) is 5.75 Å². The molecule has 8 heteroatoms. The van der Waals surface area contributed by atoms with Crippen LogP contribution in [0, 0.1) is 0 Å². The molecular weight excluding hydrogens is 352 g/mol. The van der Waals surface area contributed by atoms with Crippen LogP contribution in [0.3, 0.4) is 0 Å². The van der Waals surface area contributed by atoms with Crippen LogP contribution in [0.15, 0.2) is 24.3 Å². The molecule has 2 heterocycles. The first-order valence-electron chi connectivity index (χ1n) is 9.03. The van der Waals surface area contributed by atoms with Crippen LogP contribution in [-0.4, -0.2) is 82.1 Å². The van der Waals surface area contributed by atoms with E-state index in [-0.39, 0.29) is 5.91 Å². The van der Waals surface area contributed by atoms with Crippen molar-refractivity contribution < 1.29 is 19.2 Å². The van der Waals surface area contributed by atoms with E-state index in [1.54, 1.807) is 0 Å². The first-order valence-corrected chi connectivity index (χ1v) is 9.43. The Kier molecular flexibility index (Phi) is 6.29. The summed E-state index contributed by atoms with van der Waals surface area (Å²) in [4.78, 5) is 18.0. The Bertz CT molecular complexity index is 649. The summed E-state index contributed by atoms with van der Waals surface area (Å²) in [5.41, 5.74) is 0.897. The largest absolute Gasteiger partial charge is 0.476 e. The van der Waals surface area contributed by atoms with Gasteiger partial charge >= 0.3 is 0 Å². The molecule has 0 aliphatic carbocycles. The van der Waals surface area contributed by atoms with Gasteiger partial charge in [0.1, 0.15) is 5.75 Å². The average molecular weight is 380 g/mol. The predicted octanol–water partition coefficient (Wildman–Crippen LogP) is -0.868. The molecule has 1 aromatic rings. The monoisotopic (exact) mass is 379 g/mol. The topological polar surface area (TPSA) is 58.5 Å². The summed E-state index contributed by atoms with van der Waals surface area (Å²) in [6, 6.07) is 7.71. The van der Waals surface area contributed by atoms with Crippen LogP contribution in [0.2, 0.25) is 0 Å². The minimum Gasteiger partial charge on any atom is -0.476 e. The van der Waals surface area contributed by atoms with Crippen molar-refractivity contribution in [2.24, 2.45) is 0 Å². The van der Waals surface area contributed by atoms with Gasteiger partial charge in [0.05, 0.1) is 52.6 Å². The lowest BCUT2D eigenvalue weighted by Gasteiger charge is -2.38. The van der Waals surface area contributed by atoms with Crippen LogP contribution in [-0.2, 0) is 9.53 Å². The molecule has 0 unspecified atom stereocenters. The lowest BCUT2D eigenvalue weighted by Crippen LogP contribution is -3.06. The molecule has 2 aliphatic rings. The van der Waals surface area contributed by atoms with Crippen molar-refractivity contribution in [2.75, 3.05) is 64.9 Å². The molecule has 0 saturated carbocycles. The van der Waals surface area contributed by atoms with Gasteiger partial charge in [-0.05, 0) is 24.4 Å². The minimum atomic E-state index is -0.567. The van der Waals surface area contributed by atoms with Gasteiger partial charge in [0.15, 0.2) is 11.2 Å². The quantitative estimate of drug-likeness (QED) is 0.664. The Labute approximate surface area is 159 Å². The molecule has 0 spiro atoms. The van der Waals surface area contributed by atoms with Crippen LogP contribution in [0.25, 0.3) is 0 Å². The number of nitrogens with one attached hydrogen (secondary N) is 2. The van der Waals surface area contributed by atoms with E-state index in [0.717, 1.165) is 18.8 Å². The van der Waals surface area contributed by atoms with Gasteiger partial charge in [0.25, 0.3) is 5.91 Å². The third-order valence-corrected chi connectivity index (χ3v) is 4.88. The predicted molar refractivity (Wildman–Crippen MR) is 104 cm³/mol. The third-order valence-electron chi connectivity index (χ3n) is 4.52. The Morgan fingerprint density at radius 3 is 2.77 bits per heavy atom. The number of likely N-dealkylation sites (N-methyl/N-ethyl adjacent to an activating group) is 1. The number of hydrogen-bond donors (Lipinski definition) is 2. The van der Waals surface area contributed by atoms with E-state index in [1.807, 2.05) is 34.1 Å². The van der Waals surface area contributed by atoms with Crippen LogP contribution < -0.4 is 19.9 Å². The Hall–Kier alpha value is -1.90. The number of para-hydroxylation sites is 2. The van der Waals surface area contributed by atoms with Gasteiger partial charge in [-0.3, -0.25) is 4.79 Å². The number of quaternary nitrogens is 1. The number of ether oxygens (including phenoxy) is 2. The zero-order valence-electron chi connectivity index (χ0n) is 15.4. The lowest BCUT2D eigenvalue weighted by atomic mass is 10.1. The highest BCUT2D eigenvalue weighted by Gasteiger charge is 2.35. The number of anilines is 1. The zero-order valence-corrected chi connectivity index (χ0v) is 16.2. The number of carbonyl (C=O) groups excluding carboxylic acids is 1. The first-order chi connectivity index (χ1) is 12.6. The van der Waals surface area contributed by atoms with E-state index >= 15 is 0 Å². The van der Waals surface area contributed by atoms with Crippen LogP contribution in [0.5, 0.6) is 5.75 Å². The number of thiocarbonyl (C=S) groups is 1. The number of nitrogens with zero attached hydrogens (tertiary/aromatic N) is 2. The summed E-state index contributed by atoms with van der Waals surface area (Å²) >= 11 is 5.60. The van der Waals surface area contributed by atoms with Gasteiger partial charge in [0, 0.05) is 13.1 Å². The van der Waals surface area contributed by atoms with E-state index in [2.05, 4.69) is 19.4 Å². The SMILES string of the molecule is C[NH+](C)CCNC(=S)N1C[C@@H](C(=O)N2CCOCC2)Oc2ccccc21. The summed E-state index contributed by atoms with van der Waals surface area (Å²) < 4.78 is 11.3. The van der Waals surface area contributed by atoms with Gasteiger partial charge in [0.2, 0.25) is 0 Å². The second kappa shape index (κ2) is 8.66. The molecule has 1 fully saturated rings. The number of rotatable bonds is 4. The number of morpholine rings is 1. The van der Waals surface area contributed by atoms with Crippen LogP contribution in [0.4, 0.5) is 5.69 Å². The molecule has 1 saturated heterocycles. The van der Waals surface area contributed by atoms with Gasteiger partial charge in [-0.25, -0.2) is 0 Å². The summed E-state index contributed by atoms with van der Waals surface area (Å²) in [6.45, 7) is 4.51. The van der Waals surface area contributed by atoms with Crippen molar-refractivity contribution in [3.63, 3.8) is 0 Å². The van der Waals surface area contributed by atoms with Crippen molar-refractivity contribution >= 4 is 28.9 Å². The lowest BCUT2D eigenvalue weighted by molar-refractivity contribution is -0.856. The molecule has 142 valence electrons.